The highest BCUT2D eigenvalue weighted by Crippen LogP contribution is 2.15. The highest BCUT2D eigenvalue weighted by atomic mass is 16.1. The van der Waals surface area contributed by atoms with E-state index in [9.17, 15) is 4.79 Å². The predicted octanol–water partition coefficient (Wildman–Crippen LogP) is 1.19. The van der Waals surface area contributed by atoms with Crippen molar-refractivity contribution in [2.45, 2.75) is 27.3 Å². The molecule has 15 heavy (non-hydrogen) atoms. The third-order valence-corrected chi connectivity index (χ3v) is 2.49. The first-order valence-electron chi connectivity index (χ1n) is 5.08. The summed E-state index contributed by atoms with van der Waals surface area (Å²) in [6, 6.07) is 4.24. The number of benzene rings is 1. The van der Waals surface area contributed by atoms with Crippen molar-refractivity contribution in [3.8, 4) is 0 Å². The molecule has 3 N–H and O–H groups in total. The van der Waals surface area contributed by atoms with Crippen LogP contribution in [0, 0.1) is 20.8 Å². The van der Waals surface area contributed by atoms with Gasteiger partial charge in [0.2, 0.25) is 5.91 Å². The van der Waals surface area contributed by atoms with E-state index in [0.29, 0.717) is 6.54 Å². The van der Waals surface area contributed by atoms with Gasteiger partial charge in [0.1, 0.15) is 0 Å². The summed E-state index contributed by atoms with van der Waals surface area (Å²) < 4.78 is 0. The van der Waals surface area contributed by atoms with Gasteiger partial charge in [0.25, 0.3) is 0 Å². The lowest BCUT2D eigenvalue weighted by Crippen LogP contribution is -2.30. The number of hydrogen-bond acceptors (Lipinski definition) is 2. The van der Waals surface area contributed by atoms with E-state index in [0.717, 1.165) is 0 Å². The summed E-state index contributed by atoms with van der Waals surface area (Å²) in [5.41, 5.74) is 10.1. The van der Waals surface area contributed by atoms with Crippen LogP contribution < -0.4 is 11.1 Å². The summed E-state index contributed by atoms with van der Waals surface area (Å²) in [5, 5.41) is 2.79. The number of carbonyl (C=O) groups excluding carboxylic acids is 1. The van der Waals surface area contributed by atoms with Crippen molar-refractivity contribution < 1.29 is 4.79 Å². The smallest absolute Gasteiger partial charge is 0.234 e. The van der Waals surface area contributed by atoms with Crippen LogP contribution in [0.15, 0.2) is 12.1 Å². The van der Waals surface area contributed by atoms with Crippen molar-refractivity contribution in [2.75, 3.05) is 6.54 Å². The molecule has 0 aliphatic carbocycles. The number of amides is 1. The standard InChI is InChI=1S/C12H18N2O/c1-8-4-9(2)11(10(3)5-8)7-14-12(15)6-13/h4-5H,6-7,13H2,1-3H3,(H,14,15). The zero-order chi connectivity index (χ0) is 11.4. The average molecular weight is 206 g/mol. The maximum atomic E-state index is 11.0. The minimum atomic E-state index is -0.116. The van der Waals surface area contributed by atoms with Crippen molar-refractivity contribution in [1.82, 2.24) is 5.32 Å². The number of nitrogens with two attached hydrogens (primary N) is 1. The third-order valence-electron chi connectivity index (χ3n) is 2.49. The molecule has 3 heteroatoms. The minimum absolute atomic E-state index is 0.0456. The highest BCUT2D eigenvalue weighted by molar-refractivity contribution is 5.77. The number of carbonyl (C=O) groups is 1. The fourth-order valence-corrected chi connectivity index (χ4v) is 1.75. The van der Waals surface area contributed by atoms with E-state index in [-0.39, 0.29) is 12.5 Å². The van der Waals surface area contributed by atoms with Gasteiger partial charge in [0.05, 0.1) is 6.54 Å². The van der Waals surface area contributed by atoms with Gasteiger partial charge in [-0.2, -0.15) is 0 Å². The molecule has 0 bridgehead atoms. The first kappa shape index (κ1) is 11.7. The lowest BCUT2D eigenvalue weighted by molar-refractivity contribution is -0.119. The van der Waals surface area contributed by atoms with Gasteiger partial charge in [0, 0.05) is 6.54 Å². The molecule has 0 atom stereocenters. The molecule has 82 valence electrons. The van der Waals surface area contributed by atoms with Crippen LogP contribution in [0.25, 0.3) is 0 Å². The Hall–Kier alpha value is -1.35. The van der Waals surface area contributed by atoms with Gasteiger partial charge in [0.15, 0.2) is 0 Å². The quantitative estimate of drug-likeness (QED) is 0.780. The zero-order valence-electron chi connectivity index (χ0n) is 9.55. The van der Waals surface area contributed by atoms with Crippen LogP contribution in [0.2, 0.25) is 0 Å². The molecule has 3 nitrogen and oxygen atoms in total. The summed E-state index contributed by atoms with van der Waals surface area (Å²) in [6.45, 7) is 6.80. The van der Waals surface area contributed by atoms with E-state index in [1.807, 2.05) is 0 Å². The molecule has 1 amide bonds. The van der Waals surface area contributed by atoms with Gasteiger partial charge < -0.3 is 11.1 Å². The monoisotopic (exact) mass is 206 g/mol. The van der Waals surface area contributed by atoms with Crippen molar-refractivity contribution in [2.24, 2.45) is 5.73 Å². The van der Waals surface area contributed by atoms with Crippen molar-refractivity contribution in [3.05, 3.63) is 34.4 Å². The number of aryl methyl sites for hydroxylation is 3. The van der Waals surface area contributed by atoms with Gasteiger partial charge in [-0.1, -0.05) is 17.7 Å². The molecule has 0 unspecified atom stereocenters. The van der Waals surface area contributed by atoms with Crippen molar-refractivity contribution >= 4 is 5.91 Å². The van der Waals surface area contributed by atoms with E-state index in [2.05, 4.69) is 38.2 Å². The summed E-state index contributed by atoms with van der Waals surface area (Å²) in [4.78, 5) is 11.0. The van der Waals surface area contributed by atoms with Gasteiger partial charge in [-0.3, -0.25) is 4.79 Å². The first-order valence-corrected chi connectivity index (χ1v) is 5.08. The highest BCUT2D eigenvalue weighted by Gasteiger charge is 2.04. The molecule has 0 aliphatic heterocycles. The normalized spacial score (nSPS) is 10.1. The van der Waals surface area contributed by atoms with Crippen LogP contribution in [0.5, 0.6) is 0 Å². The SMILES string of the molecule is Cc1cc(C)c(CNC(=O)CN)c(C)c1. The van der Waals surface area contributed by atoms with E-state index in [4.69, 9.17) is 5.73 Å². The van der Waals surface area contributed by atoms with Crippen LogP contribution in [0.3, 0.4) is 0 Å². The van der Waals surface area contributed by atoms with Gasteiger partial charge >= 0.3 is 0 Å². The lowest BCUT2D eigenvalue weighted by Gasteiger charge is -2.11. The van der Waals surface area contributed by atoms with Crippen molar-refractivity contribution in [3.63, 3.8) is 0 Å². The molecule has 1 rings (SSSR count). The zero-order valence-corrected chi connectivity index (χ0v) is 9.55. The summed E-state index contributed by atoms with van der Waals surface area (Å²) in [5.74, 6) is -0.116. The van der Waals surface area contributed by atoms with Gasteiger partial charge in [-0.15, -0.1) is 0 Å². The summed E-state index contributed by atoms with van der Waals surface area (Å²) in [6.07, 6.45) is 0. The van der Waals surface area contributed by atoms with E-state index in [1.165, 1.54) is 22.3 Å². The molecule has 0 saturated carbocycles. The van der Waals surface area contributed by atoms with Crippen LogP contribution in [-0.2, 0) is 11.3 Å². The number of hydrogen-bond donors (Lipinski definition) is 2. The Kier molecular flexibility index (Phi) is 3.86. The molecule has 0 saturated heterocycles. The fourth-order valence-electron chi connectivity index (χ4n) is 1.75. The lowest BCUT2D eigenvalue weighted by atomic mass is 10.00. The largest absolute Gasteiger partial charge is 0.351 e. The summed E-state index contributed by atoms with van der Waals surface area (Å²) >= 11 is 0. The second-order valence-electron chi connectivity index (χ2n) is 3.86. The number of nitrogens with one attached hydrogen (secondary N) is 1. The molecular formula is C12H18N2O. The Morgan fingerprint density at radius 2 is 1.80 bits per heavy atom. The third kappa shape index (κ3) is 3.06. The van der Waals surface area contributed by atoms with Crippen LogP contribution in [-0.4, -0.2) is 12.5 Å². The van der Waals surface area contributed by atoms with Gasteiger partial charge in [-0.25, -0.2) is 0 Å². The van der Waals surface area contributed by atoms with Crippen LogP contribution in [0.1, 0.15) is 22.3 Å². The molecule has 0 aromatic heterocycles. The molecular weight excluding hydrogens is 188 g/mol. The van der Waals surface area contributed by atoms with Crippen LogP contribution in [0.4, 0.5) is 0 Å². The average Bonchev–Trinajstić information content (AvgIpc) is 2.15. The molecule has 0 heterocycles. The second kappa shape index (κ2) is 4.94. The first-order chi connectivity index (χ1) is 7.04. The Morgan fingerprint density at radius 1 is 1.27 bits per heavy atom. The maximum Gasteiger partial charge on any atom is 0.234 e. The molecule has 0 fully saturated rings. The minimum Gasteiger partial charge on any atom is -0.351 e. The molecule has 0 radical (unpaired) electrons. The molecule has 0 spiro atoms. The Bertz CT molecular complexity index is 349. The Balaban J connectivity index is 2.81. The second-order valence-corrected chi connectivity index (χ2v) is 3.86. The maximum absolute atomic E-state index is 11.0. The van der Waals surface area contributed by atoms with E-state index in [1.54, 1.807) is 0 Å². The van der Waals surface area contributed by atoms with E-state index >= 15 is 0 Å². The van der Waals surface area contributed by atoms with Gasteiger partial charge in [-0.05, 0) is 37.5 Å². The van der Waals surface area contributed by atoms with Crippen molar-refractivity contribution in [1.29, 1.82) is 0 Å². The molecule has 1 aromatic carbocycles. The topological polar surface area (TPSA) is 55.1 Å². The summed E-state index contributed by atoms with van der Waals surface area (Å²) in [7, 11) is 0. The Labute approximate surface area is 90.7 Å². The number of rotatable bonds is 3. The Morgan fingerprint density at radius 3 is 2.27 bits per heavy atom. The fraction of sp³-hybridized carbons (Fsp3) is 0.417. The predicted molar refractivity (Wildman–Crippen MR) is 61.6 cm³/mol. The van der Waals surface area contributed by atoms with E-state index < -0.39 is 0 Å². The molecule has 1 aromatic rings. The molecule has 0 aliphatic rings. The van der Waals surface area contributed by atoms with Crippen LogP contribution >= 0.6 is 0 Å².